The summed E-state index contributed by atoms with van der Waals surface area (Å²) in [6.45, 7) is 1.99. The number of carboxylic acids is 1. The standard InChI is InChI=1S/C11H10BrNO3/c1-6-2-3-7(4-8(6)12)9-5-10(11(14)15)16-13-9/h2-4,10H,5H2,1H3,(H,14,15). The van der Waals surface area contributed by atoms with E-state index in [2.05, 4.69) is 21.1 Å². The van der Waals surface area contributed by atoms with Crippen LogP contribution in [0.1, 0.15) is 17.5 Å². The average molecular weight is 284 g/mol. The maximum Gasteiger partial charge on any atom is 0.348 e. The lowest BCUT2D eigenvalue weighted by Gasteiger charge is -2.02. The highest BCUT2D eigenvalue weighted by molar-refractivity contribution is 9.10. The lowest BCUT2D eigenvalue weighted by atomic mass is 10.0. The van der Waals surface area contributed by atoms with Crippen molar-refractivity contribution in [3.63, 3.8) is 0 Å². The fourth-order valence-electron chi connectivity index (χ4n) is 1.45. The summed E-state index contributed by atoms with van der Waals surface area (Å²) in [6.07, 6.45) is -0.541. The second-order valence-electron chi connectivity index (χ2n) is 3.64. The number of carboxylic acid groups (broad SMARTS) is 1. The monoisotopic (exact) mass is 283 g/mol. The maximum absolute atomic E-state index is 10.7. The van der Waals surface area contributed by atoms with Gasteiger partial charge in [0.25, 0.3) is 0 Å². The summed E-state index contributed by atoms with van der Waals surface area (Å²) in [5, 5.41) is 12.6. The van der Waals surface area contributed by atoms with Gasteiger partial charge in [-0.3, -0.25) is 0 Å². The molecule has 0 saturated carbocycles. The fraction of sp³-hybridized carbons (Fsp3) is 0.273. The highest BCUT2D eigenvalue weighted by atomic mass is 79.9. The predicted molar refractivity (Wildman–Crippen MR) is 62.5 cm³/mol. The van der Waals surface area contributed by atoms with E-state index in [1.54, 1.807) is 0 Å². The third-order valence-electron chi connectivity index (χ3n) is 2.45. The van der Waals surface area contributed by atoms with Crippen molar-refractivity contribution in [3.8, 4) is 0 Å². The van der Waals surface area contributed by atoms with Gasteiger partial charge >= 0.3 is 5.97 Å². The minimum atomic E-state index is -0.982. The molecule has 0 fully saturated rings. The molecule has 5 heteroatoms. The van der Waals surface area contributed by atoms with Crippen LogP contribution in [0.15, 0.2) is 27.8 Å². The first-order chi connectivity index (χ1) is 7.58. The summed E-state index contributed by atoms with van der Waals surface area (Å²) < 4.78 is 0.978. The van der Waals surface area contributed by atoms with Gasteiger partial charge in [0.2, 0.25) is 6.10 Å². The summed E-state index contributed by atoms with van der Waals surface area (Å²) >= 11 is 3.43. The van der Waals surface area contributed by atoms with E-state index in [4.69, 9.17) is 9.94 Å². The zero-order valence-electron chi connectivity index (χ0n) is 8.61. The van der Waals surface area contributed by atoms with Gasteiger partial charge in [0.1, 0.15) is 0 Å². The third kappa shape index (κ3) is 2.09. The van der Waals surface area contributed by atoms with Crippen LogP contribution in [-0.2, 0) is 9.63 Å². The molecule has 1 aromatic rings. The molecule has 0 spiro atoms. The zero-order chi connectivity index (χ0) is 11.7. The predicted octanol–water partition coefficient (Wildman–Crippen LogP) is 2.34. The van der Waals surface area contributed by atoms with Crippen LogP contribution >= 0.6 is 15.9 Å². The molecular formula is C11H10BrNO3. The van der Waals surface area contributed by atoms with Crippen LogP contribution in [0.2, 0.25) is 0 Å². The summed E-state index contributed by atoms with van der Waals surface area (Å²) in [5.74, 6) is -0.982. The van der Waals surface area contributed by atoms with E-state index in [1.165, 1.54) is 0 Å². The van der Waals surface area contributed by atoms with Gasteiger partial charge in [-0.2, -0.15) is 0 Å². The normalized spacial score (nSPS) is 19.1. The summed E-state index contributed by atoms with van der Waals surface area (Å²) in [5.41, 5.74) is 2.69. The van der Waals surface area contributed by atoms with Gasteiger partial charge in [-0.25, -0.2) is 4.79 Å². The van der Waals surface area contributed by atoms with Crippen LogP contribution in [0, 0.1) is 6.92 Å². The quantitative estimate of drug-likeness (QED) is 0.906. The first-order valence-corrected chi connectivity index (χ1v) is 5.59. The Morgan fingerprint density at radius 2 is 2.38 bits per heavy atom. The molecule has 4 nitrogen and oxygen atoms in total. The molecule has 1 aliphatic heterocycles. The number of hydrogen-bond donors (Lipinski definition) is 1. The van der Waals surface area contributed by atoms with Gasteiger partial charge < -0.3 is 9.94 Å². The summed E-state index contributed by atoms with van der Waals surface area (Å²) in [4.78, 5) is 15.5. The molecule has 16 heavy (non-hydrogen) atoms. The van der Waals surface area contributed by atoms with Crippen LogP contribution in [0.4, 0.5) is 0 Å². The summed E-state index contributed by atoms with van der Waals surface area (Å²) in [6, 6.07) is 5.78. The number of aliphatic carboxylic acids is 1. The number of nitrogens with zero attached hydrogens (tertiary/aromatic N) is 1. The number of oxime groups is 1. The number of rotatable bonds is 2. The molecule has 0 amide bonds. The SMILES string of the molecule is Cc1ccc(C2=NOC(C(=O)O)C2)cc1Br. The molecule has 1 N–H and O–H groups in total. The molecule has 1 unspecified atom stereocenters. The van der Waals surface area contributed by atoms with Gasteiger partial charge in [-0.05, 0) is 18.6 Å². The first kappa shape index (κ1) is 11.1. The van der Waals surface area contributed by atoms with E-state index in [0.29, 0.717) is 12.1 Å². The van der Waals surface area contributed by atoms with Crippen LogP contribution < -0.4 is 0 Å². The minimum Gasteiger partial charge on any atom is -0.478 e. The largest absolute Gasteiger partial charge is 0.478 e. The molecule has 0 aliphatic carbocycles. The first-order valence-electron chi connectivity index (χ1n) is 4.80. The van der Waals surface area contributed by atoms with Crippen molar-refractivity contribution >= 4 is 27.6 Å². The minimum absolute atomic E-state index is 0.310. The second kappa shape index (κ2) is 4.25. The molecule has 0 saturated heterocycles. The molecule has 2 rings (SSSR count). The smallest absolute Gasteiger partial charge is 0.348 e. The van der Waals surface area contributed by atoms with E-state index < -0.39 is 12.1 Å². The van der Waals surface area contributed by atoms with Crippen molar-refractivity contribution in [2.45, 2.75) is 19.4 Å². The lowest BCUT2D eigenvalue weighted by molar-refractivity contribution is -0.148. The van der Waals surface area contributed by atoms with Gasteiger partial charge in [0.15, 0.2) is 0 Å². The molecule has 1 atom stereocenters. The van der Waals surface area contributed by atoms with E-state index in [-0.39, 0.29) is 0 Å². The van der Waals surface area contributed by atoms with Crippen LogP contribution in [0.3, 0.4) is 0 Å². The molecular weight excluding hydrogens is 274 g/mol. The number of hydrogen-bond acceptors (Lipinski definition) is 3. The zero-order valence-corrected chi connectivity index (χ0v) is 10.2. The van der Waals surface area contributed by atoms with Crippen LogP contribution in [-0.4, -0.2) is 22.9 Å². The molecule has 84 valence electrons. The van der Waals surface area contributed by atoms with E-state index in [9.17, 15) is 4.79 Å². The Morgan fingerprint density at radius 1 is 1.62 bits per heavy atom. The molecule has 0 bridgehead atoms. The lowest BCUT2D eigenvalue weighted by Crippen LogP contribution is -2.19. The van der Waals surface area contributed by atoms with Crippen LogP contribution in [0.25, 0.3) is 0 Å². The van der Waals surface area contributed by atoms with Crippen molar-refractivity contribution in [1.82, 2.24) is 0 Å². The van der Waals surface area contributed by atoms with Gasteiger partial charge in [-0.15, -0.1) is 0 Å². The van der Waals surface area contributed by atoms with Gasteiger partial charge in [-0.1, -0.05) is 33.2 Å². The average Bonchev–Trinajstić information content (AvgIpc) is 2.71. The Hall–Kier alpha value is -1.36. The Bertz CT molecular complexity index is 470. The topological polar surface area (TPSA) is 58.9 Å². The van der Waals surface area contributed by atoms with Gasteiger partial charge in [0.05, 0.1) is 5.71 Å². The van der Waals surface area contributed by atoms with E-state index >= 15 is 0 Å². The van der Waals surface area contributed by atoms with Crippen molar-refractivity contribution in [2.75, 3.05) is 0 Å². The maximum atomic E-state index is 10.7. The Balaban J connectivity index is 2.21. The molecule has 1 aliphatic rings. The number of halogens is 1. The molecule has 0 radical (unpaired) electrons. The Kier molecular flexibility index (Phi) is 2.96. The third-order valence-corrected chi connectivity index (χ3v) is 3.30. The van der Waals surface area contributed by atoms with Crippen molar-refractivity contribution in [3.05, 3.63) is 33.8 Å². The summed E-state index contributed by atoms with van der Waals surface area (Å²) in [7, 11) is 0. The Labute approximate surface area is 101 Å². The van der Waals surface area contributed by atoms with Crippen molar-refractivity contribution in [2.24, 2.45) is 5.16 Å². The molecule has 1 aromatic carbocycles. The molecule has 1 heterocycles. The van der Waals surface area contributed by atoms with Crippen LogP contribution in [0.5, 0.6) is 0 Å². The second-order valence-corrected chi connectivity index (χ2v) is 4.49. The number of benzene rings is 1. The fourth-order valence-corrected chi connectivity index (χ4v) is 1.83. The van der Waals surface area contributed by atoms with Gasteiger partial charge in [0, 0.05) is 16.5 Å². The van der Waals surface area contributed by atoms with E-state index in [1.807, 2.05) is 25.1 Å². The highest BCUT2D eigenvalue weighted by Crippen LogP contribution is 2.22. The number of carbonyl (C=O) groups is 1. The Morgan fingerprint density at radius 3 is 2.94 bits per heavy atom. The number of aryl methyl sites for hydroxylation is 1. The van der Waals surface area contributed by atoms with Crippen molar-refractivity contribution in [1.29, 1.82) is 0 Å². The highest BCUT2D eigenvalue weighted by Gasteiger charge is 2.28. The van der Waals surface area contributed by atoms with Crippen molar-refractivity contribution < 1.29 is 14.7 Å². The van der Waals surface area contributed by atoms with E-state index in [0.717, 1.165) is 15.6 Å². The molecule has 0 aromatic heterocycles.